The van der Waals surface area contributed by atoms with Crippen LogP contribution in [0.4, 0.5) is 17.2 Å². The minimum absolute atomic E-state index is 0.0961. The molecule has 0 radical (unpaired) electrons. The summed E-state index contributed by atoms with van der Waals surface area (Å²) < 4.78 is 26.9. The minimum Gasteiger partial charge on any atom is -0.387 e. The van der Waals surface area contributed by atoms with Crippen molar-refractivity contribution in [2.24, 2.45) is 0 Å². The van der Waals surface area contributed by atoms with E-state index in [-0.39, 0.29) is 22.1 Å². The van der Waals surface area contributed by atoms with Gasteiger partial charge in [0.2, 0.25) is 0 Å². The Morgan fingerprint density at radius 3 is 2.57 bits per heavy atom. The summed E-state index contributed by atoms with van der Waals surface area (Å²) in [6.07, 6.45) is 1.45. The largest absolute Gasteiger partial charge is 0.387 e. The summed E-state index contributed by atoms with van der Waals surface area (Å²) in [5, 5.41) is 13.4. The fourth-order valence-corrected chi connectivity index (χ4v) is 2.88. The fourth-order valence-electron chi connectivity index (χ4n) is 1.68. The number of pyridine rings is 1. The molecule has 1 aromatic carbocycles. The molecule has 110 valence electrons. The summed E-state index contributed by atoms with van der Waals surface area (Å²) in [6.45, 7) is 0. The van der Waals surface area contributed by atoms with Crippen molar-refractivity contribution in [2.45, 2.75) is 4.90 Å². The number of nitrogens with zero attached hydrogens (tertiary/aromatic N) is 2. The molecule has 0 fully saturated rings. The van der Waals surface area contributed by atoms with Crippen molar-refractivity contribution < 1.29 is 13.3 Å². The first-order valence-corrected chi connectivity index (χ1v) is 7.32. The zero-order chi connectivity index (χ0) is 15.5. The van der Waals surface area contributed by atoms with E-state index in [0.29, 0.717) is 0 Å². The van der Waals surface area contributed by atoms with Gasteiger partial charge in [0.1, 0.15) is 10.7 Å². The monoisotopic (exact) mass is 308 g/mol. The van der Waals surface area contributed by atoms with Crippen molar-refractivity contribution >= 4 is 27.2 Å². The average Bonchev–Trinajstić information content (AvgIpc) is 2.47. The van der Waals surface area contributed by atoms with Crippen LogP contribution >= 0.6 is 0 Å². The van der Waals surface area contributed by atoms with Crippen LogP contribution in [0.2, 0.25) is 0 Å². The minimum atomic E-state index is -3.90. The summed E-state index contributed by atoms with van der Waals surface area (Å²) >= 11 is 0. The van der Waals surface area contributed by atoms with Gasteiger partial charge in [-0.3, -0.25) is 14.8 Å². The molecular formula is C12H12N4O4S. The van der Waals surface area contributed by atoms with Gasteiger partial charge in [0.05, 0.1) is 10.6 Å². The van der Waals surface area contributed by atoms with Crippen LogP contribution in [0.3, 0.4) is 0 Å². The molecule has 0 saturated carbocycles. The van der Waals surface area contributed by atoms with Gasteiger partial charge >= 0.3 is 0 Å². The molecule has 21 heavy (non-hydrogen) atoms. The molecule has 2 rings (SSSR count). The van der Waals surface area contributed by atoms with Gasteiger partial charge < -0.3 is 5.32 Å². The predicted octanol–water partition coefficient (Wildman–Crippen LogP) is 1.83. The maximum absolute atomic E-state index is 12.3. The number of nitro groups is 1. The summed E-state index contributed by atoms with van der Waals surface area (Å²) in [7, 11) is -2.41. The summed E-state index contributed by atoms with van der Waals surface area (Å²) in [5.41, 5.74) is -0.0660. The van der Waals surface area contributed by atoms with Gasteiger partial charge in [-0.15, -0.1) is 0 Å². The Morgan fingerprint density at radius 1 is 1.24 bits per heavy atom. The highest BCUT2D eigenvalue weighted by atomic mass is 32.2. The molecule has 1 heterocycles. The molecule has 8 nitrogen and oxygen atoms in total. The topological polar surface area (TPSA) is 114 Å². The number of nitrogens with one attached hydrogen (secondary N) is 2. The molecule has 0 aliphatic carbocycles. The first-order chi connectivity index (χ1) is 9.94. The molecule has 2 aromatic rings. The molecule has 0 saturated heterocycles. The number of non-ortho nitro benzene ring substituents is 1. The third kappa shape index (κ3) is 3.26. The summed E-state index contributed by atoms with van der Waals surface area (Å²) in [6, 6.07) is 8.26. The number of nitro benzene ring substituents is 1. The highest BCUT2D eigenvalue weighted by molar-refractivity contribution is 7.92. The van der Waals surface area contributed by atoms with E-state index in [9.17, 15) is 18.5 Å². The van der Waals surface area contributed by atoms with Crippen LogP contribution in [-0.2, 0) is 10.0 Å². The Labute approximate surface area is 121 Å². The second-order valence-corrected chi connectivity index (χ2v) is 5.66. The number of rotatable bonds is 5. The Balaban J connectivity index is 2.42. The average molecular weight is 308 g/mol. The fraction of sp³-hybridized carbons (Fsp3) is 0.0833. The molecule has 2 N–H and O–H groups in total. The predicted molar refractivity (Wildman–Crippen MR) is 77.7 cm³/mol. The molecule has 0 amide bonds. The third-order valence-corrected chi connectivity index (χ3v) is 4.05. The summed E-state index contributed by atoms with van der Waals surface area (Å²) in [4.78, 5) is 13.9. The second-order valence-electron chi connectivity index (χ2n) is 4.01. The smallest absolute Gasteiger partial charge is 0.271 e. The third-order valence-electron chi connectivity index (χ3n) is 2.64. The van der Waals surface area contributed by atoms with E-state index in [1.54, 1.807) is 12.1 Å². The molecule has 0 atom stereocenters. The molecular weight excluding hydrogens is 296 g/mol. The highest BCUT2D eigenvalue weighted by Crippen LogP contribution is 2.27. The Morgan fingerprint density at radius 2 is 2.00 bits per heavy atom. The molecule has 0 spiro atoms. The van der Waals surface area contributed by atoms with E-state index in [0.717, 1.165) is 12.1 Å². The van der Waals surface area contributed by atoms with Gasteiger partial charge in [0.25, 0.3) is 15.7 Å². The molecule has 0 bridgehead atoms. The van der Waals surface area contributed by atoms with E-state index in [1.807, 2.05) is 0 Å². The quantitative estimate of drug-likeness (QED) is 0.643. The van der Waals surface area contributed by atoms with Crippen molar-refractivity contribution in [3.8, 4) is 0 Å². The summed E-state index contributed by atoms with van der Waals surface area (Å²) in [5.74, 6) is 0.165. The first-order valence-electron chi connectivity index (χ1n) is 5.84. The van der Waals surface area contributed by atoms with E-state index < -0.39 is 14.9 Å². The van der Waals surface area contributed by atoms with Gasteiger partial charge in [-0.2, -0.15) is 0 Å². The SMILES string of the molecule is CNc1cc([N+](=O)[O-])ccc1S(=O)(=O)Nc1ccccn1. The Hall–Kier alpha value is -2.68. The lowest BCUT2D eigenvalue weighted by Crippen LogP contribution is -2.15. The van der Waals surface area contributed by atoms with Crippen LogP contribution in [0.15, 0.2) is 47.5 Å². The maximum Gasteiger partial charge on any atom is 0.271 e. The Bertz CT molecular complexity index is 762. The van der Waals surface area contributed by atoms with Crippen LogP contribution in [-0.4, -0.2) is 25.4 Å². The number of aromatic nitrogens is 1. The lowest BCUT2D eigenvalue weighted by atomic mass is 10.3. The van der Waals surface area contributed by atoms with Gasteiger partial charge in [0.15, 0.2) is 0 Å². The van der Waals surface area contributed by atoms with Gasteiger partial charge in [-0.1, -0.05) is 6.07 Å². The van der Waals surface area contributed by atoms with Crippen LogP contribution in [0.5, 0.6) is 0 Å². The van der Waals surface area contributed by atoms with Crippen molar-refractivity contribution in [3.05, 3.63) is 52.7 Å². The number of sulfonamides is 1. The van der Waals surface area contributed by atoms with Gasteiger partial charge in [-0.05, 0) is 18.2 Å². The molecule has 0 aliphatic heterocycles. The van der Waals surface area contributed by atoms with Crippen molar-refractivity contribution in [1.82, 2.24) is 4.98 Å². The van der Waals surface area contributed by atoms with E-state index in [4.69, 9.17) is 0 Å². The van der Waals surface area contributed by atoms with Crippen molar-refractivity contribution in [3.63, 3.8) is 0 Å². The molecule has 0 aliphatic rings. The standard InChI is InChI=1S/C12H12N4O4S/c1-13-10-8-9(16(17)18)5-6-11(10)21(19,20)15-12-4-2-3-7-14-12/h2-8,13H,1H3,(H,14,15). The van der Waals surface area contributed by atoms with Crippen LogP contribution in [0, 0.1) is 10.1 Å². The lowest BCUT2D eigenvalue weighted by molar-refractivity contribution is -0.384. The molecule has 9 heteroatoms. The molecule has 0 unspecified atom stereocenters. The second kappa shape index (κ2) is 5.75. The number of hydrogen-bond donors (Lipinski definition) is 2. The Kier molecular flexibility index (Phi) is 4.03. The lowest BCUT2D eigenvalue weighted by Gasteiger charge is -2.11. The van der Waals surface area contributed by atoms with Crippen molar-refractivity contribution in [2.75, 3.05) is 17.1 Å². The van der Waals surface area contributed by atoms with Gasteiger partial charge in [0, 0.05) is 25.4 Å². The van der Waals surface area contributed by atoms with Crippen LogP contribution in [0.1, 0.15) is 0 Å². The maximum atomic E-state index is 12.3. The zero-order valence-electron chi connectivity index (χ0n) is 11.0. The van der Waals surface area contributed by atoms with Crippen LogP contribution < -0.4 is 10.0 Å². The molecule has 1 aromatic heterocycles. The van der Waals surface area contributed by atoms with Gasteiger partial charge in [-0.25, -0.2) is 13.4 Å². The number of benzene rings is 1. The van der Waals surface area contributed by atoms with E-state index >= 15 is 0 Å². The van der Waals surface area contributed by atoms with Crippen LogP contribution in [0.25, 0.3) is 0 Å². The highest BCUT2D eigenvalue weighted by Gasteiger charge is 2.21. The first kappa shape index (κ1) is 14.7. The van der Waals surface area contributed by atoms with E-state index in [2.05, 4.69) is 15.0 Å². The van der Waals surface area contributed by atoms with E-state index in [1.165, 1.54) is 25.4 Å². The normalized spacial score (nSPS) is 10.9. The van der Waals surface area contributed by atoms with Crippen molar-refractivity contribution in [1.29, 1.82) is 0 Å². The number of anilines is 2. The zero-order valence-corrected chi connectivity index (χ0v) is 11.8. The number of hydrogen-bond acceptors (Lipinski definition) is 6.